The highest BCUT2D eigenvalue weighted by atomic mass is 16.5. The summed E-state index contributed by atoms with van der Waals surface area (Å²) in [6.07, 6.45) is 2.17. The van der Waals surface area contributed by atoms with Gasteiger partial charge >= 0.3 is 5.97 Å². The van der Waals surface area contributed by atoms with E-state index in [1.807, 2.05) is 11.0 Å². The summed E-state index contributed by atoms with van der Waals surface area (Å²) in [5, 5.41) is 12.5. The van der Waals surface area contributed by atoms with E-state index in [-0.39, 0.29) is 17.2 Å². The molecule has 34 heavy (non-hydrogen) atoms. The third kappa shape index (κ3) is 5.48. The number of carbonyl (C=O) groups is 3. The average molecular weight is 467 g/mol. The molecule has 2 aliphatic heterocycles. The molecule has 2 saturated heterocycles. The molecule has 0 bridgehead atoms. The zero-order valence-corrected chi connectivity index (χ0v) is 19.3. The van der Waals surface area contributed by atoms with Gasteiger partial charge in [0.1, 0.15) is 5.75 Å². The van der Waals surface area contributed by atoms with Crippen molar-refractivity contribution in [2.75, 3.05) is 63.1 Å². The number of carboxylic acids is 1. The van der Waals surface area contributed by atoms with Crippen LogP contribution in [0.1, 0.15) is 33.6 Å². The Morgan fingerprint density at radius 1 is 0.941 bits per heavy atom. The maximum Gasteiger partial charge on any atom is 0.337 e. The van der Waals surface area contributed by atoms with Crippen molar-refractivity contribution in [3.05, 3.63) is 53.6 Å². The zero-order valence-electron chi connectivity index (χ0n) is 19.3. The van der Waals surface area contributed by atoms with Crippen molar-refractivity contribution < 1.29 is 24.2 Å². The minimum atomic E-state index is -1.11. The molecule has 2 heterocycles. The zero-order chi connectivity index (χ0) is 24.1. The Morgan fingerprint density at radius 2 is 1.62 bits per heavy atom. The number of piperazine rings is 1. The molecule has 0 unspecified atom stereocenters. The van der Waals surface area contributed by atoms with Gasteiger partial charge in [0.25, 0.3) is 5.91 Å². The molecule has 9 nitrogen and oxygen atoms in total. The van der Waals surface area contributed by atoms with Crippen LogP contribution in [0.15, 0.2) is 42.5 Å². The van der Waals surface area contributed by atoms with E-state index in [4.69, 9.17) is 4.74 Å². The summed E-state index contributed by atoms with van der Waals surface area (Å²) in [6, 6.07) is 11.6. The minimum Gasteiger partial charge on any atom is -0.497 e. The molecular weight excluding hydrogens is 436 g/mol. The van der Waals surface area contributed by atoms with Gasteiger partial charge < -0.3 is 25.0 Å². The Morgan fingerprint density at radius 3 is 2.24 bits per heavy atom. The number of ether oxygens (including phenoxy) is 1. The lowest BCUT2D eigenvalue weighted by atomic mass is 10.1. The molecule has 0 saturated carbocycles. The Labute approximate surface area is 198 Å². The van der Waals surface area contributed by atoms with Crippen LogP contribution in [0.4, 0.5) is 11.4 Å². The summed E-state index contributed by atoms with van der Waals surface area (Å²) in [5.41, 5.74) is 1.46. The summed E-state index contributed by atoms with van der Waals surface area (Å²) < 4.78 is 5.10. The number of methoxy groups -OCH3 is 1. The van der Waals surface area contributed by atoms with Crippen molar-refractivity contribution in [3.8, 4) is 5.75 Å². The van der Waals surface area contributed by atoms with E-state index < -0.39 is 11.9 Å². The summed E-state index contributed by atoms with van der Waals surface area (Å²) in [5.74, 6) is -0.681. The molecule has 2 aliphatic rings. The van der Waals surface area contributed by atoms with E-state index in [0.29, 0.717) is 30.9 Å². The van der Waals surface area contributed by atoms with Crippen LogP contribution in [0, 0.1) is 0 Å². The number of anilines is 2. The van der Waals surface area contributed by atoms with E-state index in [1.54, 1.807) is 43.5 Å². The number of nitrogens with zero attached hydrogens (tertiary/aromatic N) is 3. The number of nitrogens with one attached hydrogen (secondary N) is 1. The molecular formula is C25H30N4O5. The molecule has 2 aromatic carbocycles. The lowest BCUT2D eigenvalue weighted by Crippen LogP contribution is -2.49. The van der Waals surface area contributed by atoms with E-state index in [0.717, 1.165) is 44.7 Å². The molecule has 2 fully saturated rings. The Balaban J connectivity index is 1.38. The van der Waals surface area contributed by atoms with Gasteiger partial charge in [-0.3, -0.25) is 14.5 Å². The smallest absolute Gasteiger partial charge is 0.337 e. The number of aromatic carboxylic acids is 1. The monoisotopic (exact) mass is 466 g/mol. The van der Waals surface area contributed by atoms with Gasteiger partial charge in [0.15, 0.2) is 0 Å². The van der Waals surface area contributed by atoms with Crippen molar-refractivity contribution >= 4 is 29.2 Å². The predicted molar refractivity (Wildman–Crippen MR) is 129 cm³/mol. The molecule has 2 aromatic rings. The summed E-state index contributed by atoms with van der Waals surface area (Å²) >= 11 is 0. The average Bonchev–Trinajstić information content (AvgIpc) is 3.40. The number of amides is 2. The second-order valence-corrected chi connectivity index (χ2v) is 8.57. The third-order valence-electron chi connectivity index (χ3n) is 6.39. The molecule has 2 amide bonds. The van der Waals surface area contributed by atoms with Crippen LogP contribution in [-0.4, -0.2) is 85.6 Å². The number of hydrogen-bond acceptors (Lipinski definition) is 6. The maximum absolute atomic E-state index is 12.6. The third-order valence-corrected chi connectivity index (χ3v) is 6.39. The molecule has 180 valence electrons. The first-order chi connectivity index (χ1) is 16.4. The Kier molecular flexibility index (Phi) is 7.32. The van der Waals surface area contributed by atoms with Crippen molar-refractivity contribution in [1.29, 1.82) is 0 Å². The van der Waals surface area contributed by atoms with Crippen LogP contribution in [0.25, 0.3) is 0 Å². The van der Waals surface area contributed by atoms with E-state index in [2.05, 4.69) is 15.1 Å². The van der Waals surface area contributed by atoms with E-state index in [1.165, 1.54) is 0 Å². The summed E-state index contributed by atoms with van der Waals surface area (Å²) in [6.45, 7) is 5.02. The first-order valence-corrected chi connectivity index (χ1v) is 11.5. The van der Waals surface area contributed by atoms with Gasteiger partial charge in [-0.2, -0.15) is 0 Å². The van der Waals surface area contributed by atoms with Crippen LogP contribution in [-0.2, 0) is 4.79 Å². The van der Waals surface area contributed by atoms with Gasteiger partial charge in [0.2, 0.25) is 5.91 Å². The lowest BCUT2D eigenvalue weighted by molar-refractivity contribution is -0.131. The number of carbonyl (C=O) groups excluding carboxylic acids is 2. The van der Waals surface area contributed by atoms with E-state index >= 15 is 0 Å². The highest BCUT2D eigenvalue weighted by molar-refractivity contribution is 6.08. The Hall–Kier alpha value is -3.59. The number of likely N-dealkylation sites (tertiary alicyclic amines) is 1. The van der Waals surface area contributed by atoms with Gasteiger partial charge in [-0.25, -0.2) is 4.79 Å². The largest absolute Gasteiger partial charge is 0.497 e. The van der Waals surface area contributed by atoms with Gasteiger partial charge in [-0.15, -0.1) is 0 Å². The molecule has 2 N–H and O–H groups in total. The fourth-order valence-corrected chi connectivity index (χ4v) is 4.37. The van der Waals surface area contributed by atoms with Gasteiger partial charge in [0.05, 0.1) is 24.9 Å². The molecule has 4 rings (SSSR count). The van der Waals surface area contributed by atoms with Crippen LogP contribution >= 0.6 is 0 Å². The fourth-order valence-electron chi connectivity index (χ4n) is 4.37. The quantitative estimate of drug-likeness (QED) is 0.646. The van der Waals surface area contributed by atoms with Gasteiger partial charge in [-0.1, -0.05) is 0 Å². The molecule has 9 heteroatoms. The maximum atomic E-state index is 12.6. The second-order valence-electron chi connectivity index (χ2n) is 8.57. The normalized spacial score (nSPS) is 16.4. The number of hydrogen-bond donors (Lipinski definition) is 2. The second kappa shape index (κ2) is 10.6. The van der Waals surface area contributed by atoms with Crippen LogP contribution in [0.3, 0.4) is 0 Å². The minimum absolute atomic E-state index is 0.0333. The molecule has 0 spiro atoms. The molecule has 0 atom stereocenters. The van der Waals surface area contributed by atoms with Crippen LogP contribution in [0.5, 0.6) is 5.75 Å². The number of rotatable bonds is 7. The SMILES string of the molecule is COc1ccc(C(=O)Nc2ccc(N3CCN(CC(=O)N4CCCC4)CC3)cc2C(=O)O)cc1. The number of benzene rings is 2. The lowest BCUT2D eigenvalue weighted by Gasteiger charge is -2.36. The van der Waals surface area contributed by atoms with Crippen LogP contribution < -0.4 is 15.0 Å². The van der Waals surface area contributed by atoms with Crippen molar-refractivity contribution in [2.24, 2.45) is 0 Å². The van der Waals surface area contributed by atoms with Gasteiger partial charge in [-0.05, 0) is 55.3 Å². The molecule has 0 aromatic heterocycles. The standard InChI is InChI=1S/C25H30N4O5/c1-34-20-7-4-18(5-8-20)24(31)26-22-9-6-19(16-21(22)25(32)33)28-14-12-27(13-15-28)17-23(30)29-10-2-3-11-29/h4-9,16H,2-3,10-15,17H2,1H3,(H,26,31)(H,32,33). The Bertz CT molecular complexity index is 1040. The van der Waals surface area contributed by atoms with Crippen molar-refractivity contribution in [2.45, 2.75) is 12.8 Å². The molecule has 0 radical (unpaired) electrons. The summed E-state index contributed by atoms with van der Waals surface area (Å²) in [7, 11) is 1.55. The topological polar surface area (TPSA) is 102 Å². The summed E-state index contributed by atoms with van der Waals surface area (Å²) in [4.78, 5) is 43.1. The highest BCUT2D eigenvalue weighted by Crippen LogP contribution is 2.25. The first-order valence-electron chi connectivity index (χ1n) is 11.5. The highest BCUT2D eigenvalue weighted by Gasteiger charge is 2.24. The van der Waals surface area contributed by atoms with Gasteiger partial charge in [0, 0.05) is 50.5 Å². The fraction of sp³-hybridized carbons (Fsp3) is 0.400. The first kappa shape index (κ1) is 23.6. The van der Waals surface area contributed by atoms with Crippen molar-refractivity contribution in [3.63, 3.8) is 0 Å². The molecule has 0 aliphatic carbocycles. The van der Waals surface area contributed by atoms with Crippen LogP contribution in [0.2, 0.25) is 0 Å². The number of carboxylic acid groups (broad SMARTS) is 1. The van der Waals surface area contributed by atoms with Crippen molar-refractivity contribution in [1.82, 2.24) is 9.80 Å². The predicted octanol–water partition coefficient (Wildman–Crippen LogP) is 2.39. The van der Waals surface area contributed by atoms with E-state index in [9.17, 15) is 19.5 Å².